The number of hydrogen-bond acceptors (Lipinski definition) is 4. The lowest BCUT2D eigenvalue weighted by Crippen LogP contribution is -2.43. The molecule has 1 aliphatic carbocycles. The molecular weight excluding hydrogens is 308 g/mol. The fraction of sp³-hybridized carbons (Fsp3) is 0.765. The summed E-state index contributed by atoms with van der Waals surface area (Å²) in [6.07, 6.45) is 6.00. The van der Waals surface area contributed by atoms with Crippen LogP contribution in [0.5, 0.6) is 0 Å². The Hall–Kier alpha value is -1.01. The van der Waals surface area contributed by atoms with Crippen molar-refractivity contribution in [3.63, 3.8) is 0 Å². The third-order valence-electron chi connectivity index (χ3n) is 5.45. The van der Waals surface area contributed by atoms with Gasteiger partial charge in [0.05, 0.1) is 24.5 Å². The smallest absolute Gasteiger partial charge is 0.223 e. The quantitative estimate of drug-likeness (QED) is 0.915. The molecule has 0 aromatic carbocycles. The SMILES string of the molecule is O=C(NCc1cc2n(n1)CCN([C@@H]1CCCSC1)C2)C1CCC1. The summed E-state index contributed by atoms with van der Waals surface area (Å²) in [6, 6.07) is 2.92. The van der Waals surface area contributed by atoms with E-state index in [1.165, 1.54) is 36.5 Å². The molecule has 0 bridgehead atoms. The Morgan fingerprint density at radius 1 is 1.30 bits per heavy atom. The van der Waals surface area contributed by atoms with E-state index in [0.29, 0.717) is 6.54 Å². The Labute approximate surface area is 142 Å². The van der Waals surface area contributed by atoms with E-state index in [-0.39, 0.29) is 11.8 Å². The van der Waals surface area contributed by atoms with Gasteiger partial charge in [0.15, 0.2) is 0 Å². The number of rotatable bonds is 4. The van der Waals surface area contributed by atoms with Crippen molar-refractivity contribution in [3.05, 3.63) is 17.5 Å². The van der Waals surface area contributed by atoms with Gasteiger partial charge in [0, 0.05) is 30.8 Å². The molecule has 0 radical (unpaired) electrons. The maximum atomic E-state index is 11.9. The molecule has 1 atom stereocenters. The predicted octanol–water partition coefficient (Wildman–Crippen LogP) is 2.01. The molecule has 1 aromatic rings. The summed E-state index contributed by atoms with van der Waals surface area (Å²) in [7, 11) is 0. The lowest BCUT2D eigenvalue weighted by Gasteiger charge is -2.36. The summed E-state index contributed by atoms with van der Waals surface area (Å²) in [5, 5.41) is 7.73. The number of amides is 1. The van der Waals surface area contributed by atoms with Crippen LogP contribution >= 0.6 is 11.8 Å². The van der Waals surface area contributed by atoms with E-state index in [2.05, 4.69) is 37.8 Å². The van der Waals surface area contributed by atoms with Crippen LogP contribution in [0.1, 0.15) is 43.5 Å². The second-order valence-electron chi connectivity index (χ2n) is 7.04. The van der Waals surface area contributed by atoms with Gasteiger partial charge in [-0.2, -0.15) is 16.9 Å². The van der Waals surface area contributed by atoms with Gasteiger partial charge in [-0.25, -0.2) is 0 Å². The Morgan fingerprint density at radius 3 is 2.96 bits per heavy atom. The summed E-state index contributed by atoms with van der Waals surface area (Å²) < 4.78 is 2.14. The fourth-order valence-corrected chi connectivity index (χ4v) is 4.94. The molecule has 1 saturated carbocycles. The summed E-state index contributed by atoms with van der Waals surface area (Å²) >= 11 is 2.09. The molecule has 1 N–H and O–H groups in total. The van der Waals surface area contributed by atoms with Crippen molar-refractivity contribution in [2.24, 2.45) is 5.92 Å². The first-order valence-corrected chi connectivity index (χ1v) is 10.1. The van der Waals surface area contributed by atoms with Crippen LogP contribution in [0.25, 0.3) is 0 Å². The number of fused-ring (bicyclic) bond motifs is 1. The Bertz CT molecular complexity index is 563. The molecule has 3 heterocycles. The molecule has 6 heteroatoms. The Kier molecular flexibility index (Phi) is 4.62. The van der Waals surface area contributed by atoms with Gasteiger partial charge in [-0.1, -0.05) is 6.42 Å². The van der Waals surface area contributed by atoms with Crippen molar-refractivity contribution in [3.8, 4) is 0 Å². The van der Waals surface area contributed by atoms with Gasteiger partial charge in [-0.05, 0) is 37.5 Å². The molecule has 23 heavy (non-hydrogen) atoms. The van der Waals surface area contributed by atoms with Crippen molar-refractivity contribution in [1.29, 1.82) is 0 Å². The van der Waals surface area contributed by atoms with Gasteiger partial charge in [-0.3, -0.25) is 14.4 Å². The van der Waals surface area contributed by atoms with Crippen LogP contribution in [0.2, 0.25) is 0 Å². The minimum Gasteiger partial charge on any atom is -0.350 e. The van der Waals surface area contributed by atoms with Crippen LogP contribution in [0.15, 0.2) is 6.07 Å². The minimum atomic E-state index is 0.211. The largest absolute Gasteiger partial charge is 0.350 e. The van der Waals surface area contributed by atoms with Crippen LogP contribution in [0.4, 0.5) is 0 Å². The van der Waals surface area contributed by atoms with Crippen LogP contribution in [0.3, 0.4) is 0 Å². The van der Waals surface area contributed by atoms with Crippen molar-refractivity contribution in [2.45, 2.75) is 57.8 Å². The third kappa shape index (κ3) is 3.43. The van der Waals surface area contributed by atoms with E-state index in [1.807, 2.05) is 0 Å². The monoisotopic (exact) mass is 334 g/mol. The number of hydrogen-bond donors (Lipinski definition) is 1. The van der Waals surface area contributed by atoms with Gasteiger partial charge < -0.3 is 5.32 Å². The first kappa shape index (κ1) is 15.5. The first-order valence-electron chi connectivity index (χ1n) is 8.95. The van der Waals surface area contributed by atoms with E-state index in [1.54, 1.807) is 0 Å². The highest BCUT2D eigenvalue weighted by molar-refractivity contribution is 7.99. The molecule has 1 amide bonds. The van der Waals surface area contributed by atoms with Gasteiger partial charge in [0.25, 0.3) is 0 Å². The van der Waals surface area contributed by atoms with Crippen LogP contribution in [0, 0.1) is 5.92 Å². The molecular formula is C17H26N4OS. The molecule has 4 rings (SSSR count). The normalized spacial score (nSPS) is 25.7. The summed E-state index contributed by atoms with van der Waals surface area (Å²) in [5.41, 5.74) is 2.31. The van der Waals surface area contributed by atoms with Gasteiger partial charge in [-0.15, -0.1) is 0 Å². The summed E-state index contributed by atoms with van der Waals surface area (Å²) in [4.78, 5) is 14.6. The molecule has 1 aromatic heterocycles. The van der Waals surface area contributed by atoms with Crippen LogP contribution in [-0.2, 0) is 24.4 Å². The second-order valence-corrected chi connectivity index (χ2v) is 8.19. The molecule has 0 unspecified atom stereocenters. The lowest BCUT2D eigenvalue weighted by molar-refractivity contribution is -0.127. The maximum absolute atomic E-state index is 11.9. The van der Waals surface area contributed by atoms with Crippen molar-refractivity contribution in [1.82, 2.24) is 20.0 Å². The second kappa shape index (κ2) is 6.85. The van der Waals surface area contributed by atoms with Crippen molar-refractivity contribution in [2.75, 3.05) is 18.1 Å². The highest BCUT2D eigenvalue weighted by Crippen LogP contribution is 2.27. The average molecular weight is 334 g/mol. The fourth-order valence-electron chi connectivity index (χ4n) is 3.75. The number of thioether (sulfide) groups is 1. The molecule has 126 valence electrons. The number of aromatic nitrogens is 2. The number of nitrogens with one attached hydrogen (secondary N) is 1. The molecule has 2 aliphatic heterocycles. The number of nitrogens with zero attached hydrogens (tertiary/aromatic N) is 3. The van der Waals surface area contributed by atoms with E-state index in [0.717, 1.165) is 44.2 Å². The zero-order chi connectivity index (χ0) is 15.6. The third-order valence-corrected chi connectivity index (χ3v) is 6.65. The molecule has 1 saturated heterocycles. The predicted molar refractivity (Wildman–Crippen MR) is 92.2 cm³/mol. The summed E-state index contributed by atoms with van der Waals surface area (Å²) in [5.74, 6) is 3.07. The lowest BCUT2D eigenvalue weighted by atomic mass is 9.85. The number of carbonyl (C=O) groups excluding carboxylic acids is 1. The molecule has 3 aliphatic rings. The van der Waals surface area contributed by atoms with Crippen molar-refractivity contribution < 1.29 is 4.79 Å². The highest BCUT2D eigenvalue weighted by Gasteiger charge is 2.27. The average Bonchev–Trinajstić information content (AvgIpc) is 2.94. The number of carbonyl (C=O) groups is 1. The van der Waals surface area contributed by atoms with Crippen LogP contribution in [-0.4, -0.2) is 44.7 Å². The van der Waals surface area contributed by atoms with E-state index in [4.69, 9.17) is 0 Å². The van der Waals surface area contributed by atoms with Gasteiger partial charge in [0.2, 0.25) is 5.91 Å². The summed E-state index contributed by atoms with van der Waals surface area (Å²) in [6.45, 7) is 3.67. The van der Waals surface area contributed by atoms with E-state index in [9.17, 15) is 4.79 Å². The first-order chi connectivity index (χ1) is 11.3. The van der Waals surface area contributed by atoms with E-state index >= 15 is 0 Å². The zero-order valence-electron chi connectivity index (χ0n) is 13.7. The van der Waals surface area contributed by atoms with Gasteiger partial charge in [0.1, 0.15) is 0 Å². The maximum Gasteiger partial charge on any atom is 0.223 e. The minimum absolute atomic E-state index is 0.211. The topological polar surface area (TPSA) is 50.2 Å². The zero-order valence-corrected chi connectivity index (χ0v) is 14.5. The molecule has 5 nitrogen and oxygen atoms in total. The molecule has 0 spiro atoms. The Balaban J connectivity index is 1.34. The highest BCUT2D eigenvalue weighted by atomic mass is 32.2. The van der Waals surface area contributed by atoms with Crippen molar-refractivity contribution >= 4 is 17.7 Å². The van der Waals surface area contributed by atoms with Crippen LogP contribution < -0.4 is 5.32 Å². The Morgan fingerprint density at radius 2 is 2.22 bits per heavy atom. The standard InChI is InChI=1S/C17H26N4OS/c22-17(13-3-1-4-13)18-10-14-9-16-11-20(6-7-21(16)19-14)15-5-2-8-23-12-15/h9,13,15H,1-8,10-12H2,(H,18,22)/t15-/m1/s1. The van der Waals surface area contributed by atoms with Gasteiger partial charge >= 0.3 is 0 Å². The molecule has 2 fully saturated rings. The van der Waals surface area contributed by atoms with E-state index < -0.39 is 0 Å².